The third kappa shape index (κ3) is 1.97. The number of hydrogen-bond acceptors (Lipinski definition) is 2. The van der Waals surface area contributed by atoms with Crippen LogP contribution in [0.2, 0.25) is 0 Å². The molecule has 0 aliphatic carbocycles. The van der Waals surface area contributed by atoms with Gasteiger partial charge in [0, 0.05) is 24.2 Å². The van der Waals surface area contributed by atoms with Crippen molar-refractivity contribution in [3.05, 3.63) is 60.4 Å². The first kappa shape index (κ1) is 12.5. The Bertz CT molecular complexity index is 769. The van der Waals surface area contributed by atoms with Gasteiger partial charge in [0.2, 0.25) is 0 Å². The van der Waals surface area contributed by atoms with Gasteiger partial charge in [0.05, 0.1) is 12.8 Å². The van der Waals surface area contributed by atoms with Crippen LogP contribution < -0.4 is 4.74 Å². The standard InChI is InChI=1S/C17H15NO2/c1-12(19)17-16(11-14-5-3-4-10-18(14)17)13-6-8-15(20-2)9-7-13/h3-11H,1-2H3. The van der Waals surface area contributed by atoms with E-state index < -0.39 is 0 Å². The molecule has 100 valence electrons. The van der Waals surface area contributed by atoms with Crippen LogP contribution in [-0.4, -0.2) is 17.3 Å². The van der Waals surface area contributed by atoms with Gasteiger partial charge in [0.15, 0.2) is 5.78 Å². The van der Waals surface area contributed by atoms with Gasteiger partial charge in [0.25, 0.3) is 0 Å². The first-order valence-electron chi connectivity index (χ1n) is 6.46. The van der Waals surface area contributed by atoms with Crippen molar-refractivity contribution in [2.75, 3.05) is 7.11 Å². The topological polar surface area (TPSA) is 30.7 Å². The van der Waals surface area contributed by atoms with Gasteiger partial charge >= 0.3 is 0 Å². The van der Waals surface area contributed by atoms with Gasteiger partial charge in [-0.05, 0) is 35.9 Å². The Kier molecular flexibility index (Phi) is 3.03. The molecule has 3 aromatic rings. The lowest BCUT2D eigenvalue weighted by molar-refractivity contribution is 0.101. The smallest absolute Gasteiger partial charge is 0.177 e. The van der Waals surface area contributed by atoms with Crippen LogP contribution in [-0.2, 0) is 0 Å². The summed E-state index contributed by atoms with van der Waals surface area (Å²) in [5, 5.41) is 0. The fourth-order valence-corrected chi connectivity index (χ4v) is 2.47. The first-order chi connectivity index (χ1) is 9.70. The summed E-state index contributed by atoms with van der Waals surface area (Å²) in [6.45, 7) is 1.60. The molecule has 0 saturated carbocycles. The van der Waals surface area contributed by atoms with Gasteiger partial charge in [0.1, 0.15) is 5.75 Å². The summed E-state index contributed by atoms with van der Waals surface area (Å²) in [6, 6.07) is 15.7. The van der Waals surface area contributed by atoms with Crippen LogP contribution in [0, 0.1) is 0 Å². The van der Waals surface area contributed by atoms with Crippen LogP contribution in [0.15, 0.2) is 54.7 Å². The van der Waals surface area contributed by atoms with Crippen molar-refractivity contribution in [1.29, 1.82) is 0 Å². The molecule has 3 nitrogen and oxygen atoms in total. The molecule has 0 bridgehead atoms. The zero-order chi connectivity index (χ0) is 14.1. The monoisotopic (exact) mass is 265 g/mol. The van der Waals surface area contributed by atoms with E-state index in [1.54, 1.807) is 14.0 Å². The molecule has 0 amide bonds. The van der Waals surface area contributed by atoms with Crippen LogP contribution in [0.4, 0.5) is 0 Å². The largest absolute Gasteiger partial charge is 0.497 e. The molecule has 2 heterocycles. The van der Waals surface area contributed by atoms with Gasteiger partial charge < -0.3 is 9.14 Å². The molecular formula is C17H15NO2. The van der Waals surface area contributed by atoms with Gasteiger partial charge in [-0.3, -0.25) is 4.79 Å². The maximum absolute atomic E-state index is 12.0. The van der Waals surface area contributed by atoms with Crippen molar-refractivity contribution in [3.8, 4) is 16.9 Å². The maximum atomic E-state index is 12.0. The molecule has 0 fully saturated rings. The Balaban J connectivity index is 2.23. The van der Waals surface area contributed by atoms with E-state index >= 15 is 0 Å². The normalized spacial score (nSPS) is 10.7. The molecule has 2 aromatic heterocycles. The van der Waals surface area contributed by atoms with E-state index in [4.69, 9.17) is 4.74 Å². The summed E-state index contributed by atoms with van der Waals surface area (Å²) >= 11 is 0. The van der Waals surface area contributed by atoms with Gasteiger partial charge in [-0.15, -0.1) is 0 Å². The quantitative estimate of drug-likeness (QED) is 0.674. The molecule has 0 radical (unpaired) electrons. The van der Waals surface area contributed by atoms with Crippen LogP contribution in [0.3, 0.4) is 0 Å². The number of methoxy groups -OCH3 is 1. The summed E-state index contributed by atoms with van der Waals surface area (Å²) in [6.07, 6.45) is 1.92. The van der Waals surface area contributed by atoms with Crippen molar-refractivity contribution in [2.45, 2.75) is 6.92 Å². The van der Waals surface area contributed by atoms with Crippen LogP contribution in [0.25, 0.3) is 16.6 Å². The number of Topliss-reactive ketones (excluding diaryl/α,β-unsaturated/α-hetero) is 1. The highest BCUT2D eigenvalue weighted by Gasteiger charge is 2.15. The lowest BCUT2D eigenvalue weighted by atomic mass is 10.0. The molecule has 0 aliphatic rings. The van der Waals surface area contributed by atoms with Crippen molar-refractivity contribution >= 4 is 11.3 Å². The van der Waals surface area contributed by atoms with Crippen LogP contribution >= 0.6 is 0 Å². The SMILES string of the molecule is COc1ccc(-c2cc3ccccn3c2C(C)=O)cc1. The second kappa shape index (κ2) is 4.85. The number of hydrogen-bond donors (Lipinski definition) is 0. The molecule has 0 N–H and O–H groups in total. The predicted octanol–water partition coefficient (Wildman–Crippen LogP) is 3.82. The molecule has 1 aromatic carbocycles. The third-order valence-electron chi connectivity index (χ3n) is 3.41. The summed E-state index contributed by atoms with van der Waals surface area (Å²) < 4.78 is 7.10. The maximum Gasteiger partial charge on any atom is 0.177 e. The molecule has 3 heteroatoms. The number of nitrogens with zero attached hydrogens (tertiary/aromatic N) is 1. The molecule has 3 rings (SSSR count). The number of rotatable bonds is 3. The van der Waals surface area contributed by atoms with Crippen LogP contribution in [0.1, 0.15) is 17.4 Å². The molecule has 0 atom stereocenters. The van der Waals surface area contributed by atoms with E-state index in [0.717, 1.165) is 22.4 Å². The summed E-state index contributed by atoms with van der Waals surface area (Å²) in [5.74, 6) is 0.865. The number of ketones is 1. The molecule has 0 saturated heterocycles. The molecular weight excluding hydrogens is 250 g/mol. The van der Waals surface area contributed by atoms with E-state index in [-0.39, 0.29) is 5.78 Å². The highest BCUT2D eigenvalue weighted by atomic mass is 16.5. The fourth-order valence-electron chi connectivity index (χ4n) is 2.47. The minimum absolute atomic E-state index is 0.0574. The molecule has 20 heavy (non-hydrogen) atoms. The Morgan fingerprint density at radius 2 is 1.85 bits per heavy atom. The summed E-state index contributed by atoms with van der Waals surface area (Å²) in [5.41, 5.74) is 3.69. The number of carbonyl (C=O) groups is 1. The van der Waals surface area contributed by atoms with E-state index in [1.807, 2.05) is 59.1 Å². The van der Waals surface area contributed by atoms with E-state index in [1.165, 1.54) is 0 Å². The van der Waals surface area contributed by atoms with E-state index in [9.17, 15) is 4.79 Å². The molecule has 0 spiro atoms. The van der Waals surface area contributed by atoms with Crippen molar-refractivity contribution in [2.24, 2.45) is 0 Å². The van der Waals surface area contributed by atoms with Crippen molar-refractivity contribution in [1.82, 2.24) is 4.40 Å². The van der Waals surface area contributed by atoms with Gasteiger partial charge in [-0.25, -0.2) is 0 Å². The van der Waals surface area contributed by atoms with Crippen molar-refractivity contribution in [3.63, 3.8) is 0 Å². The summed E-state index contributed by atoms with van der Waals surface area (Å²) in [7, 11) is 1.64. The lowest BCUT2D eigenvalue weighted by Gasteiger charge is -2.05. The minimum Gasteiger partial charge on any atom is -0.497 e. The zero-order valence-electron chi connectivity index (χ0n) is 11.5. The third-order valence-corrected chi connectivity index (χ3v) is 3.41. The Labute approximate surface area is 117 Å². The first-order valence-corrected chi connectivity index (χ1v) is 6.46. The van der Waals surface area contributed by atoms with Gasteiger partial charge in [-0.2, -0.15) is 0 Å². The average Bonchev–Trinajstić information content (AvgIpc) is 2.86. The van der Waals surface area contributed by atoms with E-state index in [0.29, 0.717) is 5.69 Å². The highest BCUT2D eigenvalue weighted by molar-refractivity contribution is 6.01. The number of aromatic nitrogens is 1. The van der Waals surface area contributed by atoms with Crippen LogP contribution in [0.5, 0.6) is 5.75 Å². The van der Waals surface area contributed by atoms with Gasteiger partial charge in [-0.1, -0.05) is 18.2 Å². The Morgan fingerprint density at radius 1 is 1.10 bits per heavy atom. The van der Waals surface area contributed by atoms with E-state index in [2.05, 4.69) is 0 Å². The number of fused-ring (bicyclic) bond motifs is 1. The zero-order valence-corrected chi connectivity index (χ0v) is 11.5. The number of ether oxygens (including phenoxy) is 1. The molecule has 0 unspecified atom stereocenters. The van der Waals surface area contributed by atoms with Crippen molar-refractivity contribution < 1.29 is 9.53 Å². The minimum atomic E-state index is 0.0574. The number of carbonyl (C=O) groups excluding carboxylic acids is 1. The summed E-state index contributed by atoms with van der Waals surface area (Å²) in [4.78, 5) is 12.0. The predicted molar refractivity (Wildman–Crippen MR) is 79.4 cm³/mol. The fraction of sp³-hybridized carbons (Fsp3) is 0.118. The second-order valence-electron chi connectivity index (χ2n) is 4.69. The number of pyridine rings is 1. The highest BCUT2D eigenvalue weighted by Crippen LogP contribution is 2.29. The Morgan fingerprint density at radius 3 is 2.50 bits per heavy atom. The molecule has 0 aliphatic heterocycles. The lowest BCUT2D eigenvalue weighted by Crippen LogP contribution is -2.00. The number of benzene rings is 1. The average molecular weight is 265 g/mol. The Hall–Kier alpha value is -2.55. The second-order valence-corrected chi connectivity index (χ2v) is 4.69.